The smallest absolute Gasteiger partial charge is 0.324 e. The number of ether oxygens (including phenoxy) is 1. The van der Waals surface area contributed by atoms with E-state index in [1.807, 2.05) is 12.1 Å². The molecule has 1 fully saturated rings. The summed E-state index contributed by atoms with van der Waals surface area (Å²) in [5, 5.41) is 0. The zero-order valence-corrected chi connectivity index (χ0v) is 13.3. The van der Waals surface area contributed by atoms with E-state index in [9.17, 15) is 13.2 Å². The average Bonchev–Trinajstić information content (AvgIpc) is 2.75. The molecule has 0 bridgehead atoms. The van der Waals surface area contributed by atoms with Gasteiger partial charge in [-0.1, -0.05) is 26.0 Å². The highest BCUT2D eigenvalue weighted by molar-refractivity contribution is 7.89. The summed E-state index contributed by atoms with van der Waals surface area (Å²) in [4.78, 5) is 11.7. The Morgan fingerprint density at radius 3 is 2.43 bits per heavy atom. The van der Waals surface area contributed by atoms with Gasteiger partial charge in [-0.3, -0.25) is 4.79 Å². The Hall–Kier alpha value is -1.40. The van der Waals surface area contributed by atoms with E-state index in [-0.39, 0.29) is 11.0 Å². The third-order valence-corrected chi connectivity index (χ3v) is 5.33. The van der Waals surface area contributed by atoms with Gasteiger partial charge >= 0.3 is 5.97 Å². The summed E-state index contributed by atoms with van der Waals surface area (Å²) in [6.45, 7) is 5.93. The van der Waals surface area contributed by atoms with E-state index in [2.05, 4.69) is 18.6 Å². The molecule has 5 nitrogen and oxygen atoms in total. The second-order valence-electron chi connectivity index (χ2n) is 5.54. The van der Waals surface area contributed by atoms with Crippen molar-refractivity contribution in [3.8, 4) is 0 Å². The van der Waals surface area contributed by atoms with Crippen molar-refractivity contribution in [2.45, 2.75) is 56.6 Å². The number of hydrogen-bond acceptors (Lipinski definition) is 4. The molecule has 1 aliphatic rings. The first-order chi connectivity index (χ1) is 9.83. The lowest BCUT2D eigenvalue weighted by atomic mass is 9.99. The van der Waals surface area contributed by atoms with Crippen molar-refractivity contribution in [1.29, 1.82) is 0 Å². The van der Waals surface area contributed by atoms with Gasteiger partial charge in [0.1, 0.15) is 12.1 Å². The van der Waals surface area contributed by atoms with Crippen molar-refractivity contribution in [1.82, 2.24) is 4.72 Å². The molecule has 1 saturated heterocycles. The SMILES string of the molecule is CCC(C)c1ccc(S(=O)(=O)NC2CC(C)OC2=O)cc1. The van der Waals surface area contributed by atoms with Gasteiger partial charge in [0, 0.05) is 6.42 Å². The van der Waals surface area contributed by atoms with Gasteiger partial charge in [0.05, 0.1) is 4.90 Å². The summed E-state index contributed by atoms with van der Waals surface area (Å²) in [6, 6.07) is 6.00. The molecule has 0 aliphatic carbocycles. The van der Waals surface area contributed by atoms with E-state index in [1.54, 1.807) is 19.1 Å². The van der Waals surface area contributed by atoms with Gasteiger partial charge in [-0.05, 0) is 37.0 Å². The maximum absolute atomic E-state index is 12.3. The molecule has 1 heterocycles. The fourth-order valence-electron chi connectivity index (χ4n) is 2.32. The van der Waals surface area contributed by atoms with Crippen LogP contribution < -0.4 is 4.72 Å². The van der Waals surface area contributed by atoms with Gasteiger partial charge in [0.2, 0.25) is 10.0 Å². The van der Waals surface area contributed by atoms with Crippen LogP contribution in [0.3, 0.4) is 0 Å². The number of sulfonamides is 1. The maximum atomic E-state index is 12.3. The minimum absolute atomic E-state index is 0.168. The molecule has 6 heteroatoms. The van der Waals surface area contributed by atoms with Gasteiger partial charge in [0.15, 0.2) is 0 Å². The molecule has 21 heavy (non-hydrogen) atoms. The van der Waals surface area contributed by atoms with Crippen molar-refractivity contribution < 1.29 is 17.9 Å². The number of rotatable bonds is 5. The molecular weight excluding hydrogens is 290 g/mol. The Morgan fingerprint density at radius 1 is 1.33 bits per heavy atom. The lowest BCUT2D eigenvalue weighted by Gasteiger charge is -2.12. The number of cyclic esters (lactones) is 1. The highest BCUT2D eigenvalue weighted by Gasteiger charge is 2.35. The van der Waals surface area contributed by atoms with Crippen molar-refractivity contribution in [3.05, 3.63) is 29.8 Å². The van der Waals surface area contributed by atoms with Gasteiger partial charge in [-0.2, -0.15) is 4.72 Å². The van der Waals surface area contributed by atoms with Crippen LogP contribution in [-0.4, -0.2) is 26.5 Å². The number of nitrogens with one attached hydrogen (secondary N) is 1. The zero-order chi connectivity index (χ0) is 15.6. The van der Waals surface area contributed by atoms with Crippen LogP contribution >= 0.6 is 0 Å². The highest BCUT2D eigenvalue weighted by atomic mass is 32.2. The predicted octanol–water partition coefficient (Wildman–Crippen LogP) is 2.18. The predicted molar refractivity (Wildman–Crippen MR) is 79.4 cm³/mol. The first-order valence-corrected chi connectivity index (χ1v) is 8.64. The quantitative estimate of drug-likeness (QED) is 0.846. The monoisotopic (exact) mass is 311 g/mol. The molecule has 1 aliphatic heterocycles. The van der Waals surface area contributed by atoms with E-state index in [0.717, 1.165) is 12.0 Å². The molecule has 3 unspecified atom stereocenters. The summed E-state index contributed by atoms with van der Waals surface area (Å²) in [7, 11) is -3.70. The van der Waals surface area contributed by atoms with E-state index in [0.29, 0.717) is 12.3 Å². The van der Waals surface area contributed by atoms with Gasteiger partial charge in [-0.25, -0.2) is 8.42 Å². The van der Waals surface area contributed by atoms with Crippen molar-refractivity contribution in [3.63, 3.8) is 0 Å². The molecule has 3 atom stereocenters. The summed E-state index contributed by atoms with van der Waals surface area (Å²) < 4.78 is 31.9. The number of carbonyl (C=O) groups is 1. The Kier molecular flexibility index (Phi) is 4.68. The summed E-state index contributed by atoms with van der Waals surface area (Å²) in [5.74, 6) is -0.123. The van der Waals surface area contributed by atoms with Crippen LogP contribution in [0.4, 0.5) is 0 Å². The van der Waals surface area contributed by atoms with E-state index < -0.39 is 22.0 Å². The highest BCUT2D eigenvalue weighted by Crippen LogP contribution is 2.21. The third-order valence-electron chi connectivity index (χ3n) is 3.84. The van der Waals surface area contributed by atoms with Crippen LogP contribution in [0.25, 0.3) is 0 Å². The Morgan fingerprint density at radius 2 is 1.95 bits per heavy atom. The Bertz CT molecular complexity index is 609. The van der Waals surface area contributed by atoms with Crippen LogP contribution in [0.2, 0.25) is 0 Å². The third kappa shape index (κ3) is 3.63. The van der Waals surface area contributed by atoms with Gasteiger partial charge in [0.25, 0.3) is 0 Å². The number of benzene rings is 1. The van der Waals surface area contributed by atoms with E-state index >= 15 is 0 Å². The first kappa shape index (κ1) is 16.0. The number of esters is 1. The fourth-order valence-corrected chi connectivity index (χ4v) is 3.52. The standard InChI is InChI=1S/C15H21NO4S/c1-4-10(2)12-5-7-13(8-6-12)21(18,19)16-14-9-11(3)20-15(14)17/h5-8,10-11,14,16H,4,9H2,1-3H3. The normalized spacial score (nSPS) is 23.9. The Balaban J connectivity index is 2.14. The van der Waals surface area contributed by atoms with Gasteiger partial charge in [-0.15, -0.1) is 0 Å². The van der Waals surface area contributed by atoms with Crippen molar-refractivity contribution >= 4 is 16.0 Å². The lowest BCUT2D eigenvalue weighted by Crippen LogP contribution is -2.37. The Labute approximate surface area is 125 Å². The van der Waals surface area contributed by atoms with Crippen LogP contribution in [0.15, 0.2) is 29.2 Å². The van der Waals surface area contributed by atoms with Crippen LogP contribution in [-0.2, 0) is 19.6 Å². The minimum atomic E-state index is -3.70. The van der Waals surface area contributed by atoms with E-state index in [4.69, 9.17) is 4.74 Å². The topological polar surface area (TPSA) is 72.5 Å². The van der Waals surface area contributed by atoms with Crippen LogP contribution in [0.5, 0.6) is 0 Å². The van der Waals surface area contributed by atoms with Crippen LogP contribution in [0.1, 0.15) is 45.1 Å². The molecule has 0 spiro atoms. The summed E-state index contributed by atoms with van der Waals surface area (Å²) in [6.07, 6.45) is 1.11. The van der Waals surface area contributed by atoms with Gasteiger partial charge < -0.3 is 4.74 Å². The molecule has 1 aromatic carbocycles. The first-order valence-electron chi connectivity index (χ1n) is 7.16. The molecule has 116 valence electrons. The molecule has 1 aromatic rings. The molecule has 1 N–H and O–H groups in total. The lowest BCUT2D eigenvalue weighted by molar-refractivity contribution is -0.142. The molecule has 2 rings (SSSR count). The molecule has 0 aromatic heterocycles. The number of hydrogen-bond donors (Lipinski definition) is 1. The molecular formula is C15H21NO4S. The second kappa shape index (κ2) is 6.15. The van der Waals surface area contributed by atoms with Crippen molar-refractivity contribution in [2.75, 3.05) is 0 Å². The number of carbonyl (C=O) groups excluding carboxylic acids is 1. The molecule has 0 radical (unpaired) electrons. The zero-order valence-electron chi connectivity index (χ0n) is 12.5. The largest absolute Gasteiger partial charge is 0.461 e. The molecule has 0 amide bonds. The summed E-state index contributed by atoms with van der Waals surface area (Å²) in [5.41, 5.74) is 1.10. The van der Waals surface area contributed by atoms with Crippen molar-refractivity contribution in [2.24, 2.45) is 0 Å². The minimum Gasteiger partial charge on any atom is -0.461 e. The van der Waals surface area contributed by atoms with Crippen LogP contribution in [0, 0.1) is 0 Å². The van der Waals surface area contributed by atoms with E-state index in [1.165, 1.54) is 0 Å². The maximum Gasteiger partial charge on any atom is 0.324 e. The summed E-state index contributed by atoms with van der Waals surface area (Å²) >= 11 is 0. The fraction of sp³-hybridized carbons (Fsp3) is 0.533. The molecule has 0 saturated carbocycles. The average molecular weight is 311 g/mol. The second-order valence-corrected chi connectivity index (χ2v) is 7.25.